The fraction of sp³-hybridized carbons (Fsp3) is 0.133. The molecule has 2 heterocycles. The third kappa shape index (κ3) is 3.88. The number of allylic oxidation sites excluding steroid dienone is 1. The van der Waals surface area contributed by atoms with Crippen molar-refractivity contribution in [2.75, 3.05) is 6.61 Å². The van der Waals surface area contributed by atoms with Gasteiger partial charge >= 0.3 is 0 Å². The molecule has 0 amide bonds. The van der Waals surface area contributed by atoms with Crippen LogP contribution in [0.4, 0.5) is 4.39 Å². The molecule has 1 aliphatic carbocycles. The molecule has 0 bridgehead atoms. The minimum absolute atomic E-state index is 0.105. The van der Waals surface area contributed by atoms with Crippen molar-refractivity contribution < 1.29 is 9.13 Å². The molecule has 1 atom stereocenters. The summed E-state index contributed by atoms with van der Waals surface area (Å²) in [5.74, 6) is 2.82. The summed E-state index contributed by atoms with van der Waals surface area (Å²) < 4.78 is 21.6. The smallest absolute Gasteiger partial charge is 0.271 e. The molecule has 0 unspecified atom stereocenters. The van der Waals surface area contributed by atoms with Gasteiger partial charge in [-0.25, -0.2) is 9.38 Å². The maximum Gasteiger partial charge on any atom is 0.271 e. The zero-order chi connectivity index (χ0) is 24.6. The van der Waals surface area contributed by atoms with Crippen LogP contribution in [0.3, 0.4) is 0 Å². The lowest BCUT2D eigenvalue weighted by atomic mass is 9.83. The predicted octanol–water partition coefficient (Wildman–Crippen LogP) is 4.47. The van der Waals surface area contributed by atoms with Gasteiger partial charge in [0.15, 0.2) is 4.80 Å². The van der Waals surface area contributed by atoms with E-state index in [2.05, 4.69) is 18.1 Å². The minimum atomic E-state index is -0.327. The number of aryl methyl sites for hydroxylation is 1. The summed E-state index contributed by atoms with van der Waals surface area (Å²) in [5, 5.41) is 0. The second kappa shape index (κ2) is 9.10. The summed E-state index contributed by atoms with van der Waals surface area (Å²) >= 11 is 1.37. The van der Waals surface area contributed by atoms with E-state index in [-0.39, 0.29) is 24.0 Å². The number of fused-ring (bicyclic) bond motifs is 3. The van der Waals surface area contributed by atoms with Crippen LogP contribution in [0.1, 0.15) is 34.7 Å². The van der Waals surface area contributed by atoms with E-state index in [1.165, 1.54) is 29.0 Å². The average Bonchev–Trinajstić information content (AvgIpc) is 3.22. The SMILES string of the molecule is C#CCOc1ccc(/C=c2/sc3n(c2=O)[C@@H](c2ccc(F)cc2)C2=C(N=3)c3ccccc3CC2)cc1. The maximum absolute atomic E-state index is 13.8. The van der Waals surface area contributed by atoms with Gasteiger partial charge in [0.1, 0.15) is 18.2 Å². The normalized spacial score (nSPS) is 16.4. The Hall–Kier alpha value is -4.21. The van der Waals surface area contributed by atoms with Crippen LogP contribution in [0.25, 0.3) is 11.8 Å². The van der Waals surface area contributed by atoms with Crippen LogP contribution in [0.5, 0.6) is 5.75 Å². The van der Waals surface area contributed by atoms with Crippen molar-refractivity contribution in [1.82, 2.24) is 4.57 Å². The highest BCUT2D eigenvalue weighted by molar-refractivity contribution is 7.07. The molecule has 1 aromatic heterocycles. The predicted molar refractivity (Wildman–Crippen MR) is 140 cm³/mol. The van der Waals surface area contributed by atoms with Crippen LogP contribution in [0.2, 0.25) is 0 Å². The van der Waals surface area contributed by atoms with Gasteiger partial charge in [0.25, 0.3) is 5.56 Å². The number of terminal acetylenes is 1. The van der Waals surface area contributed by atoms with E-state index in [9.17, 15) is 9.18 Å². The lowest BCUT2D eigenvalue weighted by Gasteiger charge is -2.30. The van der Waals surface area contributed by atoms with Crippen LogP contribution in [0, 0.1) is 18.2 Å². The number of hydrogen-bond acceptors (Lipinski definition) is 4. The van der Waals surface area contributed by atoms with Crippen molar-refractivity contribution in [2.45, 2.75) is 18.9 Å². The van der Waals surface area contributed by atoms with E-state index in [1.807, 2.05) is 42.5 Å². The summed E-state index contributed by atoms with van der Waals surface area (Å²) in [6.07, 6.45) is 8.79. The van der Waals surface area contributed by atoms with Gasteiger partial charge in [-0.05, 0) is 65.4 Å². The average molecular weight is 493 g/mol. The summed E-state index contributed by atoms with van der Waals surface area (Å²) in [4.78, 5) is 19.4. The van der Waals surface area contributed by atoms with Crippen molar-refractivity contribution >= 4 is 23.1 Å². The fourth-order valence-corrected chi connectivity index (χ4v) is 5.91. The zero-order valence-corrected chi connectivity index (χ0v) is 20.1. The number of halogens is 1. The van der Waals surface area contributed by atoms with Crippen molar-refractivity contribution in [3.05, 3.63) is 126 Å². The highest BCUT2D eigenvalue weighted by Crippen LogP contribution is 2.41. The van der Waals surface area contributed by atoms with Crippen molar-refractivity contribution in [3.63, 3.8) is 0 Å². The quantitative estimate of drug-likeness (QED) is 0.395. The maximum atomic E-state index is 13.8. The largest absolute Gasteiger partial charge is 0.481 e. The first-order valence-corrected chi connectivity index (χ1v) is 12.5. The number of aromatic nitrogens is 1. The molecule has 6 rings (SSSR count). The number of nitrogens with zero attached hydrogens (tertiary/aromatic N) is 2. The Labute approximate surface area is 211 Å². The second-order valence-electron chi connectivity index (χ2n) is 8.73. The van der Waals surface area contributed by atoms with E-state index >= 15 is 0 Å². The van der Waals surface area contributed by atoms with Crippen molar-refractivity contribution in [1.29, 1.82) is 0 Å². The minimum Gasteiger partial charge on any atom is -0.481 e. The first-order valence-electron chi connectivity index (χ1n) is 11.7. The molecule has 0 N–H and O–H groups in total. The monoisotopic (exact) mass is 492 g/mol. The number of rotatable bonds is 4. The van der Waals surface area contributed by atoms with Gasteiger partial charge in [-0.15, -0.1) is 6.42 Å². The Morgan fingerprint density at radius 2 is 1.86 bits per heavy atom. The Morgan fingerprint density at radius 1 is 1.08 bits per heavy atom. The molecule has 1 aliphatic heterocycles. The van der Waals surface area contributed by atoms with E-state index in [0.29, 0.717) is 15.1 Å². The van der Waals surface area contributed by atoms with Gasteiger partial charge in [-0.3, -0.25) is 9.36 Å². The Morgan fingerprint density at radius 3 is 2.64 bits per heavy atom. The lowest BCUT2D eigenvalue weighted by Crippen LogP contribution is -2.38. The molecule has 36 heavy (non-hydrogen) atoms. The molecule has 6 heteroatoms. The number of thiazole rings is 1. The van der Waals surface area contributed by atoms with Crippen molar-refractivity contribution in [3.8, 4) is 18.1 Å². The molecule has 4 aromatic rings. The molecular formula is C30H21FN2O2S. The summed E-state index contributed by atoms with van der Waals surface area (Å²) in [5.41, 5.74) is 6.02. The van der Waals surface area contributed by atoms with Gasteiger partial charge in [0.05, 0.1) is 16.3 Å². The Balaban J connectivity index is 1.52. The van der Waals surface area contributed by atoms with Gasteiger partial charge in [0, 0.05) is 5.56 Å². The van der Waals surface area contributed by atoms with Gasteiger partial charge in [-0.1, -0.05) is 65.8 Å². The molecule has 4 nitrogen and oxygen atoms in total. The Kier molecular flexibility index (Phi) is 5.63. The van der Waals surface area contributed by atoms with Crippen LogP contribution in [0.15, 0.2) is 88.2 Å². The summed E-state index contributed by atoms with van der Waals surface area (Å²) in [6.45, 7) is 0.203. The molecule has 0 radical (unpaired) electrons. The molecule has 0 saturated carbocycles. The van der Waals surface area contributed by atoms with E-state index in [0.717, 1.165) is 40.8 Å². The summed E-state index contributed by atoms with van der Waals surface area (Å²) in [6, 6.07) is 21.8. The third-order valence-electron chi connectivity index (χ3n) is 6.56. The van der Waals surface area contributed by atoms with Gasteiger partial charge < -0.3 is 4.74 Å². The molecule has 0 spiro atoms. The van der Waals surface area contributed by atoms with Crippen LogP contribution < -0.4 is 19.6 Å². The van der Waals surface area contributed by atoms with Crippen LogP contribution in [-0.4, -0.2) is 11.2 Å². The molecule has 0 fully saturated rings. The first kappa shape index (κ1) is 22.3. The molecule has 2 aliphatic rings. The third-order valence-corrected chi connectivity index (χ3v) is 7.54. The second-order valence-corrected chi connectivity index (χ2v) is 9.74. The van der Waals surface area contributed by atoms with E-state index in [4.69, 9.17) is 16.2 Å². The molecule has 0 saturated heterocycles. The zero-order valence-electron chi connectivity index (χ0n) is 19.3. The van der Waals surface area contributed by atoms with Crippen molar-refractivity contribution in [2.24, 2.45) is 4.99 Å². The molecule has 3 aromatic carbocycles. The molecule has 176 valence electrons. The fourth-order valence-electron chi connectivity index (χ4n) is 4.90. The van der Waals surface area contributed by atoms with E-state index < -0.39 is 0 Å². The van der Waals surface area contributed by atoms with E-state index in [1.54, 1.807) is 16.7 Å². The van der Waals surface area contributed by atoms with Gasteiger partial charge in [-0.2, -0.15) is 0 Å². The summed E-state index contributed by atoms with van der Waals surface area (Å²) in [7, 11) is 0. The Bertz CT molecular complexity index is 1720. The number of hydrogen-bond donors (Lipinski definition) is 0. The number of benzene rings is 3. The highest BCUT2D eigenvalue weighted by Gasteiger charge is 2.32. The molecular weight excluding hydrogens is 471 g/mol. The number of ether oxygens (including phenoxy) is 1. The first-order chi connectivity index (χ1) is 17.6. The topological polar surface area (TPSA) is 43.6 Å². The highest BCUT2D eigenvalue weighted by atomic mass is 32.1. The van der Waals surface area contributed by atoms with Crippen LogP contribution >= 0.6 is 11.3 Å². The van der Waals surface area contributed by atoms with Crippen LogP contribution in [-0.2, 0) is 6.42 Å². The lowest BCUT2D eigenvalue weighted by molar-refractivity contribution is 0.370. The standard InChI is InChI=1S/C30H21FN2O2S/c1-2-17-35-23-14-7-19(8-15-23)18-26-29(34)33-28(21-9-12-22(31)13-10-21)25-16-11-20-5-3-4-6-24(20)27(25)32-30(33)36-26/h1,3-10,12-15,18,28H,11,16-17H2/b26-18+/t28-/m0/s1. The van der Waals surface area contributed by atoms with Gasteiger partial charge in [0.2, 0.25) is 0 Å².